The molecule has 0 N–H and O–H groups in total. The maximum Gasteiger partial charge on any atom is 0.137 e. The molecule has 3 rings (SSSR count). The van der Waals surface area contributed by atoms with E-state index in [2.05, 4.69) is 44.5 Å². The van der Waals surface area contributed by atoms with Gasteiger partial charge in [-0.25, -0.2) is 4.98 Å². The van der Waals surface area contributed by atoms with E-state index in [1.165, 1.54) is 5.69 Å². The van der Waals surface area contributed by atoms with Crippen LogP contribution in [-0.4, -0.2) is 16.5 Å². The number of imidazole rings is 1. The summed E-state index contributed by atoms with van der Waals surface area (Å²) in [7, 11) is 1.66. The molecule has 3 aromatic rings. The van der Waals surface area contributed by atoms with E-state index in [0.29, 0.717) is 0 Å². The van der Waals surface area contributed by atoms with Crippen LogP contribution in [0.1, 0.15) is 5.69 Å². The molecule has 4 heteroatoms. The molecular formula is C15H13BrN2O. The Bertz CT molecular complexity index is 749. The van der Waals surface area contributed by atoms with Gasteiger partial charge in [0.25, 0.3) is 0 Å². The Morgan fingerprint density at radius 3 is 2.74 bits per heavy atom. The minimum absolute atomic E-state index is 0.829. The summed E-state index contributed by atoms with van der Waals surface area (Å²) in [4.78, 5) is 4.65. The Kier molecular flexibility index (Phi) is 3.03. The third-order valence-electron chi connectivity index (χ3n) is 3.15. The molecule has 96 valence electrons. The minimum Gasteiger partial charge on any atom is -0.497 e. The highest BCUT2D eigenvalue weighted by Gasteiger charge is 2.09. The summed E-state index contributed by atoms with van der Waals surface area (Å²) < 4.78 is 8.28. The summed E-state index contributed by atoms with van der Waals surface area (Å²) in [5, 5.41) is 0. The Hall–Kier alpha value is -1.81. The minimum atomic E-state index is 0.829. The zero-order valence-corrected chi connectivity index (χ0v) is 12.3. The molecule has 0 atom stereocenters. The average Bonchev–Trinajstić information content (AvgIpc) is 2.83. The van der Waals surface area contributed by atoms with Crippen LogP contribution in [0.2, 0.25) is 0 Å². The summed E-state index contributed by atoms with van der Waals surface area (Å²) in [6, 6.07) is 12.0. The van der Waals surface area contributed by atoms with Gasteiger partial charge in [0.2, 0.25) is 0 Å². The molecule has 0 amide bonds. The van der Waals surface area contributed by atoms with Crippen molar-refractivity contribution in [3.8, 4) is 17.0 Å². The van der Waals surface area contributed by atoms with Crippen LogP contribution in [0.3, 0.4) is 0 Å². The largest absolute Gasteiger partial charge is 0.497 e. The van der Waals surface area contributed by atoms with Crippen molar-refractivity contribution in [3.63, 3.8) is 0 Å². The Morgan fingerprint density at radius 2 is 2.05 bits per heavy atom. The van der Waals surface area contributed by atoms with E-state index >= 15 is 0 Å². The summed E-state index contributed by atoms with van der Waals surface area (Å²) in [5.41, 5.74) is 4.13. The molecule has 0 aliphatic carbocycles. The van der Waals surface area contributed by atoms with Crippen LogP contribution >= 0.6 is 15.9 Å². The lowest BCUT2D eigenvalue weighted by atomic mass is 10.1. The average molecular weight is 317 g/mol. The number of aromatic nitrogens is 2. The maximum absolute atomic E-state index is 5.21. The normalized spacial score (nSPS) is 10.9. The SMILES string of the molecule is COc1ccc(-c2cn3c(C)cccc3n2)c(Br)c1. The van der Waals surface area contributed by atoms with E-state index in [0.717, 1.165) is 27.1 Å². The second-order valence-electron chi connectivity index (χ2n) is 4.37. The van der Waals surface area contributed by atoms with Crippen LogP contribution in [0.4, 0.5) is 0 Å². The number of benzene rings is 1. The zero-order chi connectivity index (χ0) is 13.4. The topological polar surface area (TPSA) is 26.5 Å². The first-order valence-corrected chi connectivity index (χ1v) is 6.77. The molecule has 0 saturated heterocycles. The van der Waals surface area contributed by atoms with Gasteiger partial charge >= 0.3 is 0 Å². The number of rotatable bonds is 2. The van der Waals surface area contributed by atoms with Crippen LogP contribution in [0.5, 0.6) is 5.75 Å². The molecule has 1 aromatic carbocycles. The lowest BCUT2D eigenvalue weighted by Gasteiger charge is -2.04. The quantitative estimate of drug-likeness (QED) is 0.712. The maximum atomic E-state index is 5.21. The van der Waals surface area contributed by atoms with Crippen molar-refractivity contribution in [2.45, 2.75) is 6.92 Å². The van der Waals surface area contributed by atoms with Crippen molar-refractivity contribution in [3.05, 3.63) is 52.8 Å². The summed E-state index contributed by atoms with van der Waals surface area (Å²) in [6.45, 7) is 2.07. The Labute approximate surface area is 120 Å². The molecule has 0 bridgehead atoms. The van der Waals surface area contributed by atoms with Crippen molar-refractivity contribution in [2.75, 3.05) is 7.11 Å². The highest BCUT2D eigenvalue weighted by atomic mass is 79.9. The number of nitrogens with zero attached hydrogens (tertiary/aromatic N) is 2. The fraction of sp³-hybridized carbons (Fsp3) is 0.133. The molecule has 0 fully saturated rings. The number of pyridine rings is 1. The van der Waals surface area contributed by atoms with Crippen LogP contribution < -0.4 is 4.74 Å². The predicted octanol–water partition coefficient (Wildman–Crippen LogP) is 4.08. The molecule has 0 aliphatic heterocycles. The third-order valence-corrected chi connectivity index (χ3v) is 3.80. The lowest BCUT2D eigenvalue weighted by molar-refractivity contribution is 0.414. The first-order valence-electron chi connectivity index (χ1n) is 5.97. The number of ether oxygens (including phenoxy) is 1. The molecule has 0 saturated carbocycles. The van der Waals surface area contributed by atoms with Crippen LogP contribution in [0.15, 0.2) is 47.1 Å². The van der Waals surface area contributed by atoms with Crippen molar-refractivity contribution < 1.29 is 4.74 Å². The van der Waals surface area contributed by atoms with Crippen molar-refractivity contribution in [1.82, 2.24) is 9.38 Å². The van der Waals surface area contributed by atoms with E-state index in [4.69, 9.17) is 4.74 Å². The number of aryl methyl sites for hydroxylation is 1. The first kappa shape index (κ1) is 12.2. The monoisotopic (exact) mass is 316 g/mol. The highest BCUT2D eigenvalue weighted by molar-refractivity contribution is 9.10. The molecule has 3 nitrogen and oxygen atoms in total. The predicted molar refractivity (Wildman–Crippen MR) is 79.6 cm³/mol. The molecule has 0 radical (unpaired) electrons. The van der Waals surface area contributed by atoms with Gasteiger partial charge in [-0.2, -0.15) is 0 Å². The fourth-order valence-electron chi connectivity index (χ4n) is 2.11. The van der Waals surface area contributed by atoms with Gasteiger partial charge in [0.15, 0.2) is 0 Å². The van der Waals surface area contributed by atoms with E-state index < -0.39 is 0 Å². The third kappa shape index (κ3) is 2.12. The molecule has 0 unspecified atom stereocenters. The number of methoxy groups -OCH3 is 1. The van der Waals surface area contributed by atoms with E-state index in [1.54, 1.807) is 7.11 Å². The standard InChI is InChI=1S/C15H13BrN2O/c1-10-4-3-5-15-17-14(9-18(10)15)12-7-6-11(19-2)8-13(12)16/h3-9H,1-2H3. The molecule has 2 heterocycles. The van der Waals surface area contributed by atoms with Gasteiger partial charge in [-0.3, -0.25) is 0 Å². The van der Waals surface area contributed by atoms with Gasteiger partial charge in [0.05, 0.1) is 12.8 Å². The lowest BCUT2D eigenvalue weighted by Crippen LogP contribution is -1.86. The highest BCUT2D eigenvalue weighted by Crippen LogP contribution is 2.31. The van der Waals surface area contributed by atoms with Crippen LogP contribution in [-0.2, 0) is 0 Å². The van der Waals surface area contributed by atoms with Crippen molar-refractivity contribution >= 4 is 21.6 Å². The zero-order valence-electron chi connectivity index (χ0n) is 10.7. The van der Waals surface area contributed by atoms with Gasteiger partial charge in [0.1, 0.15) is 11.4 Å². The van der Waals surface area contributed by atoms with Gasteiger partial charge in [-0.1, -0.05) is 6.07 Å². The van der Waals surface area contributed by atoms with E-state index in [-0.39, 0.29) is 0 Å². The van der Waals surface area contributed by atoms with E-state index in [9.17, 15) is 0 Å². The molecule has 2 aromatic heterocycles. The Balaban J connectivity index is 2.16. The number of hydrogen-bond acceptors (Lipinski definition) is 2. The number of fused-ring (bicyclic) bond motifs is 1. The van der Waals surface area contributed by atoms with Crippen molar-refractivity contribution in [1.29, 1.82) is 0 Å². The molecule has 19 heavy (non-hydrogen) atoms. The van der Waals surface area contributed by atoms with Gasteiger partial charge < -0.3 is 9.14 Å². The summed E-state index contributed by atoms with van der Waals surface area (Å²) in [5.74, 6) is 0.829. The van der Waals surface area contributed by atoms with Gasteiger partial charge in [-0.05, 0) is 53.2 Å². The smallest absolute Gasteiger partial charge is 0.137 e. The first-order chi connectivity index (χ1) is 9.19. The van der Waals surface area contributed by atoms with Crippen molar-refractivity contribution in [2.24, 2.45) is 0 Å². The molecular weight excluding hydrogens is 304 g/mol. The number of hydrogen-bond donors (Lipinski definition) is 0. The summed E-state index contributed by atoms with van der Waals surface area (Å²) in [6.07, 6.45) is 2.05. The Morgan fingerprint density at radius 1 is 1.21 bits per heavy atom. The second kappa shape index (κ2) is 4.70. The number of halogens is 1. The van der Waals surface area contributed by atoms with Crippen LogP contribution in [0.25, 0.3) is 16.9 Å². The van der Waals surface area contributed by atoms with Crippen LogP contribution in [0, 0.1) is 6.92 Å². The van der Waals surface area contributed by atoms with Gasteiger partial charge in [-0.15, -0.1) is 0 Å². The summed E-state index contributed by atoms with van der Waals surface area (Å²) >= 11 is 3.57. The van der Waals surface area contributed by atoms with Gasteiger partial charge in [0, 0.05) is 21.9 Å². The molecule has 0 aliphatic rings. The molecule has 0 spiro atoms. The second-order valence-corrected chi connectivity index (χ2v) is 5.22. The fourth-order valence-corrected chi connectivity index (χ4v) is 2.67. The van der Waals surface area contributed by atoms with E-state index in [1.807, 2.05) is 30.3 Å².